The third-order valence-electron chi connectivity index (χ3n) is 11.4. The third-order valence-corrected chi connectivity index (χ3v) is 17.9. The van der Waals surface area contributed by atoms with Crippen LogP contribution in [0.1, 0.15) is 85.0 Å². The van der Waals surface area contributed by atoms with Crippen LogP contribution in [-0.2, 0) is 54.7 Å². The quantitative estimate of drug-likeness (QED) is 0.215. The van der Waals surface area contributed by atoms with Crippen LogP contribution in [0.25, 0.3) is 0 Å². The predicted molar refractivity (Wildman–Crippen MR) is 248 cm³/mol. The SMILES string of the molecule is C[C@H]1c2cccc(Br)c2CCN1C(=O)Cc1c(Cl)cccc1Cl.C[C@H]1c2cccc(N=S3(=O)CCCC3)c2CCN1C(=O)Cc1c(Cl)cccc1Cl.N=S1(=O)CCCC1. The Balaban J connectivity index is 0.000000173. The lowest BCUT2D eigenvalue weighted by Gasteiger charge is -2.36. The van der Waals surface area contributed by atoms with Crippen molar-refractivity contribution in [2.24, 2.45) is 4.36 Å². The minimum Gasteiger partial charge on any atom is -0.335 e. The molecule has 0 unspecified atom stereocenters. The molecule has 4 aliphatic heterocycles. The Bertz CT molecular complexity index is 2390. The Morgan fingerprint density at radius 1 is 0.661 bits per heavy atom. The maximum absolute atomic E-state index is 13.0. The van der Waals surface area contributed by atoms with Crippen LogP contribution in [0.3, 0.4) is 0 Å². The van der Waals surface area contributed by atoms with Gasteiger partial charge in [0.15, 0.2) is 0 Å². The Labute approximate surface area is 377 Å². The fourth-order valence-corrected chi connectivity index (χ4v) is 13.6. The summed E-state index contributed by atoms with van der Waals surface area (Å²) >= 11 is 28.5. The molecule has 8 rings (SSSR count). The molecule has 15 heteroatoms. The standard InChI is InChI=1S/C22H24Cl2N2O2S.C18H16BrCl2NO.C4H9NOS/c1-15-16-6-4-9-21(25-29(28)12-2-3-13-29)17(16)10-11-26(15)22(27)14-18-19(23)7-5-8-20(18)24;1-11-12-4-2-5-15(19)13(12)8-9-22(11)18(23)10-14-16(20)6-3-7-17(14)21;5-7(6)3-1-2-4-7/h4-9,15H,2-3,10-14H2,1H3;2-7,11H,8-10H2,1H3;5H,1-4H2/t15-;11-;/m00./s1. The Kier molecular flexibility index (Phi) is 15.6. The first kappa shape index (κ1) is 45.9. The van der Waals surface area contributed by atoms with Crippen LogP contribution >= 0.6 is 62.3 Å². The molecule has 0 aromatic heterocycles. The van der Waals surface area contributed by atoms with E-state index in [2.05, 4.69) is 33.3 Å². The van der Waals surface area contributed by atoms with Crippen LogP contribution in [0.15, 0.2) is 81.6 Å². The van der Waals surface area contributed by atoms with E-state index in [1.54, 1.807) is 36.4 Å². The van der Waals surface area contributed by atoms with Crippen molar-refractivity contribution in [3.8, 4) is 0 Å². The van der Waals surface area contributed by atoms with Crippen molar-refractivity contribution in [2.75, 3.05) is 36.1 Å². The summed E-state index contributed by atoms with van der Waals surface area (Å²) in [6, 6.07) is 22.7. The molecule has 2 atom stereocenters. The summed E-state index contributed by atoms with van der Waals surface area (Å²) in [5, 5.41) is 2.10. The van der Waals surface area contributed by atoms with E-state index in [0.29, 0.717) is 73.7 Å². The largest absolute Gasteiger partial charge is 0.335 e. The van der Waals surface area contributed by atoms with Gasteiger partial charge in [0.2, 0.25) is 11.8 Å². The molecule has 59 heavy (non-hydrogen) atoms. The molecule has 2 saturated heterocycles. The lowest BCUT2D eigenvalue weighted by atomic mass is 9.92. The highest BCUT2D eigenvalue weighted by Crippen LogP contribution is 2.38. The maximum atomic E-state index is 13.0. The van der Waals surface area contributed by atoms with Crippen LogP contribution in [0, 0.1) is 4.78 Å². The molecule has 1 N–H and O–H groups in total. The van der Waals surface area contributed by atoms with E-state index in [9.17, 15) is 18.0 Å². The number of hydrogen-bond donors (Lipinski definition) is 1. The predicted octanol–water partition coefficient (Wildman–Crippen LogP) is 11.8. The topological polar surface area (TPSA) is 111 Å². The van der Waals surface area contributed by atoms with Crippen molar-refractivity contribution in [3.63, 3.8) is 0 Å². The van der Waals surface area contributed by atoms with E-state index < -0.39 is 19.5 Å². The molecule has 2 amide bonds. The van der Waals surface area contributed by atoms with Crippen molar-refractivity contribution < 1.29 is 18.0 Å². The van der Waals surface area contributed by atoms with E-state index in [0.717, 1.165) is 53.4 Å². The molecule has 4 aliphatic rings. The molecule has 0 radical (unpaired) electrons. The monoisotopic (exact) mass is 980 g/mol. The summed E-state index contributed by atoms with van der Waals surface area (Å²) in [6.45, 7) is 5.40. The molecule has 0 spiro atoms. The summed E-state index contributed by atoms with van der Waals surface area (Å²) in [4.78, 5) is 29.6. The zero-order valence-electron chi connectivity index (χ0n) is 33.2. The first-order chi connectivity index (χ1) is 28.1. The van der Waals surface area contributed by atoms with Crippen molar-refractivity contribution in [1.29, 1.82) is 4.78 Å². The molecular weight excluding hydrogens is 934 g/mol. The number of amides is 2. The molecule has 0 saturated carbocycles. The molecule has 4 aromatic carbocycles. The van der Waals surface area contributed by atoms with Crippen LogP contribution in [0.2, 0.25) is 20.1 Å². The number of carbonyl (C=O) groups excluding carboxylic acids is 2. The number of halogens is 5. The number of carbonyl (C=O) groups is 2. The Morgan fingerprint density at radius 2 is 1.07 bits per heavy atom. The van der Waals surface area contributed by atoms with Gasteiger partial charge in [0.25, 0.3) is 0 Å². The zero-order chi connectivity index (χ0) is 42.5. The first-order valence-electron chi connectivity index (χ1n) is 19.9. The second kappa shape index (κ2) is 20.0. The minimum atomic E-state index is -2.12. The molecule has 0 bridgehead atoms. The highest BCUT2D eigenvalue weighted by Gasteiger charge is 2.31. The molecule has 4 heterocycles. The number of nitrogens with one attached hydrogen (secondary N) is 1. The molecule has 8 nitrogen and oxygen atoms in total. The van der Waals surface area contributed by atoms with Gasteiger partial charge in [0.05, 0.1) is 40.3 Å². The lowest BCUT2D eigenvalue weighted by molar-refractivity contribution is -0.133. The Hall–Kier alpha value is -2.64. The fourth-order valence-electron chi connectivity index (χ4n) is 8.15. The van der Waals surface area contributed by atoms with Gasteiger partial charge in [-0.3, -0.25) is 14.4 Å². The van der Waals surface area contributed by atoms with Gasteiger partial charge in [-0.1, -0.05) is 98.7 Å². The van der Waals surface area contributed by atoms with E-state index in [1.165, 1.54) is 11.1 Å². The maximum Gasteiger partial charge on any atom is 0.227 e. The molecular formula is C44H49BrCl4N4O4S2. The second-order valence-corrected chi connectivity index (χ2v) is 22.8. The second-order valence-electron chi connectivity index (χ2n) is 15.3. The van der Waals surface area contributed by atoms with Gasteiger partial charge in [-0.2, -0.15) is 4.36 Å². The molecule has 4 aromatic rings. The van der Waals surface area contributed by atoms with Gasteiger partial charge >= 0.3 is 0 Å². The summed E-state index contributed by atoms with van der Waals surface area (Å²) in [7, 11) is -4.17. The number of fused-ring (bicyclic) bond motifs is 2. The van der Waals surface area contributed by atoms with Crippen molar-refractivity contribution in [1.82, 2.24) is 9.80 Å². The smallest absolute Gasteiger partial charge is 0.227 e. The first-order valence-corrected chi connectivity index (χ1v) is 25.9. The number of rotatable bonds is 5. The van der Waals surface area contributed by atoms with E-state index in [4.69, 9.17) is 51.2 Å². The van der Waals surface area contributed by atoms with Gasteiger partial charge in [-0.05, 0) is 122 Å². The summed E-state index contributed by atoms with van der Waals surface area (Å²) in [5.41, 5.74) is 6.90. The van der Waals surface area contributed by atoms with Gasteiger partial charge in [0.1, 0.15) is 0 Å². The molecule has 0 aliphatic carbocycles. The number of nitrogens with zero attached hydrogens (tertiary/aromatic N) is 3. The van der Waals surface area contributed by atoms with E-state index in [1.807, 2.05) is 47.1 Å². The van der Waals surface area contributed by atoms with Crippen LogP contribution < -0.4 is 0 Å². The average molecular weight is 984 g/mol. The third kappa shape index (κ3) is 11.3. The highest BCUT2D eigenvalue weighted by molar-refractivity contribution is 9.10. The van der Waals surface area contributed by atoms with Crippen LogP contribution in [-0.4, -0.2) is 66.1 Å². The average Bonchev–Trinajstić information content (AvgIpc) is 3.82. The minimum absolute atomic E-state index is 0.00204. The zero-order valence-corrected chi connectivity index (χ0v) is 39.4. The lowest BCUT2D eigenvalue weighted by Crippen LogP contribution is -2.39. The number of hydrogen-bond acceptors (Lipinski definition) is 6. The highest BCUT2D eigenvalue weighted by atomic mass is 79.9. The summed E-state index contributed by atoms with van der Waals surface area (Å²) < 4.78 is 36.4. The van der Waals surface area contributed by atoms with Crippen molar-refractivity contribution in [2.45, 2.75) is 77.3 Å². The fraction of sp³-hybridized carbons (Fsp3) is 0.409. The van der Waals surface area contributed by atoms with Crippen molar-refractivity contribution >= 4 is 99.3 Å². The van der Waals surface area contributed by atoms with Gasteiger partial charge < -0.3 is 9.80 Å². The van der Waals surface area contributed by atoms with Crippen molar-refractivity contribution in [3.05, 3.63) is 131 Å². The Morgan fingerprint density at radius 3 is 1.53 bits per heavy atom. The normalized spacial score (nSPS) is 20.0. The van der Waals surface area contributed by atoms with Gasteiger partial charge in [0, 0.05) is 70.4 Å². The molecule has 2 fully saturated rings. The summed E-state index contributed by atoms with van der Waals surface area (Å²) in [5.74, 6) is 2.73. The van der Waals surface area contributed by atoms with Crippen LogP contribution in [0.4, 0.5) is 5.69 Å². The van der Waals surface area contributed by atoms with Gasteiger partial charge in [-0.25, -0.2) is 8.42 Å². The van der Waals surface area contributed by atoms with Crippen LogP contribution in [0.5, 0.6) is 0 Å². The summed E-state index contributed by atoms with van der Waals surface area (Å²) in [6.07, 6.45) is 5.94. The van der Waals surface area contributed by atoms with E-state index in [-0.39, 0.29) is 36.7 Å². The van der Waals surface area contributed by atoms with E-state index >= 15 is 0 Å². The van der Waals surface area contributed by atoms with Gasteiger partial charge in [-0.15, -0.1) is 0 Å². The number of benzene rings is 4. The molecule has 316 valence electrons.